The van der Waals surface area contributed by atoms with Gasteiger partial charge in [0.2, 0.25) is 0 Å². The van der Waals surface area contributed by atoms with Crippen molar-refractivity contribution in [2.24, 2.45) is 0 Å². The molecule has 360 valence electrons. The zero-order valence-corrected chi connectivity index (χ0v) is 43.9. The maximum Gasteiger partial charge on any atom is 0.105 e. The van der Waals surface area contributed by atoms with E-state index in [0.717, 1.165) is 52.3 Å². The Morgan fingerprint density at radius 1 is 0.293 bits per heavy atom. The van der Waals surface area contributed by atoms with Crippen LogP contribution in [0.15, 0.2) is 0 Å². The number of hydrogen-bond donors (Lipinski definition) is 3. The molecule has 0 aromatic heterocycles. The summed E-state index contributed by atoms with van der Waals surface area (Å²) in [5, 5.41) is 28.7. The second kappa shape index (κ2) is 48.7. The Bertz CT molecular complexity index is 756. The van der Waals surface area contributed by atoms with Crippen molar-refractivity contribution in [3.63, 3.8) is 0 Å². The molecule has 0 heterocycles. The topological polar surface area (TPSA) is 60.7 Å². The van der Waals surface area contributed by atoms with Crippen LogP contribution in [0.25, 0.3) is 0 Å². The van der Waals surface area contributed by atoms with Crippen LogP contribution in [0.2, 0.25) is 0 Å². The third-order valence-electron chi connectivity index (χ3n) is 11.3. The molecular weight excluding hydrogens is 785 g/mol. The standard InChI is InChI=1S/C24H52NO.C18H40NO.C7H18NO.3ClH/c1-5-7-8-9-10-11-12-13-14-15-16-17-18-19-20-21-22-25(3,4)23-24(26)6-2;1-5-7-8-9-10-11-12-13-14-15-16-19(3,4)17-18(20)6-2;1-5-7(9)6-8(2,3)4;;;/h24,26H,5-23H2,1-4H3;18,20H,5-17H2,1-4H3;7,9H,5-6H2,1-4H3;3*1H/q3*+1;;;/p-3. The zero-order valence-electron chi connectivity index (χ0n) is 41.6. The molecule has 3 N–H and O–H groups in total. The lowest BCUT2D eigenvalue weighted by molar-refractivity contribution is -0.893. The van der Waals surface area contributed by atoms with E-state index in [0.29, 0.717) is 0 Å². The van der Waals surface area contributed by atoms with Crippen molar-refractivity contribution in [3.8, 4) is 0 Å². The van der Waals surface area contributed by atoms with E-state index in [1.807, 2.05) is 6.92 Å². The number of aliphatic hydroxyl groups excluding tert-OH is 3. The second-order valence-electron chi connectivity index (χ2n) is 19.8. The van der Waals surface area contributed by atoms with E-state index in [2.05, 4.69) is 77.0 Å². The van der Waals surface area contributed by atoms with Crippen LogP contribution in [0.5, 0.6) is 0 Å². The third kappa shape index (κ3) is 60.9. The molecular formula is C49H110Cl3N3O3. The van der Waals surface area contributed by atoms with Gasteiger partial charge in [-0.2, -0.15) is 0 Å². The summed E-state index contributed by atoms with van der Waals surface area (Å²) >= 11 is 0. The first-order valence-electron chi connectivity index (χ1n) is 24.5. The normalized spacial score (nSPS) is 13.1. The molecule has 0 aliphatic heterocycles. The molecule has 3 atom stereocenters. The molecule has 0 aromatic carbocycles. The van der Waals surface area contributed by atoms with Crippen LogP contribution in [0, 0.1) is 0 Å². The number of aliphatic hydroxyl groups is 3. The van der Waals surface area contributed by atoms with E-state index in [9.17, 15) is 15.3 Å². The molecule has 0 aliphatic rings. The summed E-state index contributed by atoms with van der Waals surface area (Å²) in [6.07, 6.45) is 39.0. The minimum absolute atomic E-state index is 0. The van der Waals surface area contributed by atoms with Crippen LogP contribution in [0.4, 0.5) is 0 Å². The van der Waals surface area contributed by atoms with Gasteiger partial charge in [-0.3, -0.25) is 0 Å². The van der Waals surface area contributed by atoms with Gasteiger partial charge in [0.1, 0.15) is 37.9 Å². The third-order valence-corrected chi connectivity index (χ3v) is 11.3. The Kier molecular flexibility index (Phi) is 59.0. The van der Waals surface area contributed by atoms with E-state index in [-0.39, 0.29) is 55.5 Å². The fourth-order valence-electron chi connectivity index (χ4n) is 7.46. The minimum Gasteiger partial charge on any atom is -1.00 e. The highest BCUT2D eigenvalue weighted by Crippen LogP contribution is 2.15. The molecule has 6 nitrogen and oxygen atoms in total. The first-order chi connectivity index (χ1) is 26.0. The molecule has 3 unspecified atom stereocenters. The van der Waals surface area contributed by atoms with Crippen LogP contribution in [-0.2, 0) is 0 Å². The molecule has 58 heavy (non-hydrogen) atoms. The summed E-state index contributed by atoms with van der Waals surface area (Å²) in [6.45, 7) is 15.7. The minimum atomic E-state index is -0.134. The largest absolute Gasteiger partial charge is 1.00 e. The van der Waals surface area contributed by atoms with Gasteiger partial charge >= 0.3 is 0 Å². The monoisotopic (exact) mass is 894 g/mol. The lowest BCUT2D eigenvalue weighted by Gasteiger charge is -2.31. The van der Waals surface area contributed by atoms with Crippen molar-refractivity contribution in [1.82, 2.24) is 0 Å². The molecule has 9 heteroatoms. The highest BCUT2D eigenvalue weighted by molar-refractivity contribution is 4.54. The van der Waals surface area contributed by atoms with Crippen molar-refractivity contribution in [2.45, 2.75) is 239 Å². The van der Waals surface area contributed by atoms with Crippen LogP contribution < -0.4 is 37.2 Å². The number of unbranched alkanes of at least 4 members (excludes halogenated alkanes) is 24. The zero-order chi connectivity index (χ0) is 42.3. The van der Waals surface area contributed by atoms with E-state index >= 15 is 0 Å². The molecule has 0 aromatic rings. The van der Waals surface area contributed by atoms with E-state index < -0.39 is 0 Å². The molecule has 0 fully saturated rings. The van der Waals surface area contributed by atoms with Crippen LogP contribution in [0.3, 0.4) is 0 Å². The molecule has 0 radical (unpaired) electrons. The summed E-state index contributed by atoms with van der Waals surface area (Å²) in [5.41, 5.74) is 0. The van der Waals surface area contributed by atoms with Gasteiger partial charge in [-0.1, -0.05) is 176 Å². The summed E-state index contributed by atoms with van der Waals surface area (Å²) < 4.78 is 2.77. The molecule has 0 spiro atoms. The molecule has 0 saturated carbocycles. The highest BCUT2D eigenvalue weighted by Gasteiger charge is 2.19. The number of rotatable bonds is 37. The summed E-state index contributed by atoms with van der Waals surface area (Å²) in [6, 6.07) is 0. The lowest BCUT2D eigenvalue weighted by atomic mass is 10.0. The average molecular weight is 896 g/mol. The van der Waals surface area contributed by atoms with Gasteiger partial charge in [-0.05, 0) is 44.9 Å². The maximum absolute atomic E-state index is 9.81. The first-order valence-corrected chi connectivity index (χ1v) is 24.5. The number of halogens is 3. The van der Waals surface area contributed by atoms with Crippen LogP contribution >= 0.6 is 0 Å². The van der Waals surface area contributed by atoms with E-state index in [1.54, 1.807) is 0 Å². The fourth-order valence-corrected chi connectivity index (χ4v) is 7.46. The quantitative estimate of drug-likeness (QED) is 0.0664. The summed E-state index contributed by atoms with van der Waals surface area (Å²) in [4.78, 5) is 0. The molecule has 0 bridgehead atoms. The molecule has 0 rings (SSSR count). The summed E-state index contributed by atoms with van der Waals surface area (Å²) in [5.74, 6) is 0. The predicted octanol–water partition coefficient (Wildman–Crippen LogP) is 3.33. The Hall–Kier alpha value is 0.630. The molecule has 0 amide bonds. The Balaban J connectivity index is -0.000000188. The number of hydrogen-bond acceptors (Lipinski definition) is 3. The van der Waals surface area contributed by atoms with E-state index in [1.165, 1.54) is 180 Å². The molecule has 0 aliphatic carbocycles. The van der Waals surface area contributed by atoms with Crippen LogP contribution in [-0.4, -0.2) is 129 Å². The second-order valence-corrected chi connectivity index (χ2v) is 19.8. The Morgan fingerprint density at radius 3 is 0.655 bits per heavy atom. The fraction of sp³-hybridized carbons (Fsp3) is 1.00. The van der Waals surface area contributed by atoms with E-state index in [4.69, 9.17) is 0 Å². The SMILES string of the molecule is CCC(O)C[N+](C)(C)C.CCCCCCCCCCCCCCCCCC[N+](C)(C)CC(O)CC.CCCCCCCCCCCC[N+](C)(C)CC(O)CC.[Cl-].[Cl-].[Cl-]. The first kappa shape index (κ1) is 70.3. The molecule has 0 saturated heterocycles. The van der Waals surface area contributed by atoms with Gasteiger partial charge in [-0.15, -0.1) is 0 Å². The van der Waals surface area contributed by atoms with Gasteiger partial charge in [0.25, 0.3) is 0 Å². The lowest BCUT2D eigenvalue weighted by Crippen LogP contribution is -3.00. The van der Waals surface area contributed by atoms with Crippen molar-refractivity contribution in [3.05, 3.63) is 0 Å². The van der Waals surface area contributed by atoms with Gasteiger partial charge in [0, 0.05) is 0 Å². The number of quaternary nitrogens is 3. The maximum atomic E-state index is 9.81. The van der Waals surface area contributed by atoms with Gasteiger partial charge in [0.15, 0.2) is 0 Å². The van der Waals surface area contributed by atoms with Crippen LogP contribution in [0.1, 0.15) is 221 Å². The van der Waals surface area contributed by atoms with Crippen molar-refractivity contribution in [1.29, 1.82) is 0 Å². The summed E-state index contributed by atoms with van der Waals surface area (Å²) in [7, 11) is 15.2. The number of nitrogens with zero attached hydrogens (tertiary/aromatic N) is 3. The smallest absolute Gasteiger partial charge is 0.105 e. The number of likely N-dealkylation sites (N-methyl/N-ethyl adjacent to an activating group) is 3. The van der Waals surface area contributed by atoms with Gasteiger partial charge in [0.05, 0.1) is 62.4 Å². The average Bonchev–Trinajstić information content (AvgIpc) is 3.11. The van der Waals surface area contributed by atoms with Gasteiger partial charge in [-0.25, -0.2) is 0 Å². The highest BCUT2D eigenvalue weighted by atomic mass is 35.5. The van der Waals surface area contributed by atoms with Crippen molar-refractivity contribution >= 4 is 0 Å². The predicted molar refractivity (Wildman–Crippen MR) is 247 cm³/mol. The Morgan fingerprint density at radius 2 is 0.483 bits per heavy atom. The van der Waals surface area contributed by atoms with Gasteiger partial charge < -0.3 is 66.0 Å². The Labute approximate surface area is 385 Å². The van der Waals surface area contributed by atoms with Crippen molar-refractivity contribution < 1.29 is 66.0 Å². The van der Waals surface area contributed by atoms with Crippen molar-refractivity contribution in [2.75, 3.05) is 82.1 Å².